The van der Waals surface area contributed by atoms with Crippen LogP contribution in [-0.4, -0.2) is 45.2 Å². The molecule has 0 fully saturated rings. The monoisotopic (exact) mass is 346 g/mol. The fourth-order valence-corrected chi connectivity index (χ4v) is 1.12. The molecule has 8 nitrogen and oxygen atoms in total. The summed E-state index contributed by atoms with van der Waals surface area (Å²) in [5, 5.41) is 12.4. The molecule has 0 atom stereocenters. The van der Waals surface area contributed by atoms with Gasteiger partial charge in [-0.1, -0.05) is 15.9 Å². The van der Waals surface area contributed by atoms with Crippen LogP contribution in [0.2, 0.25) is 0 Å². The summed E-state index contributed by atoms with van der Waals surface area (Å²) in [6, 6.07) is 1.76. The second kappa shape index (κ2) is 10.9. The molecule has 0 aliphatic heterocycles. The number of nitrogens with zero attached hydrogens (tertiary/aromatic N) is 4. The zero-order chi connectivity index (χ0) is 15.4. The molecule has 0 amide bonds. The summed E-state index contributed by atoms with van der Waals surface area (Å²) in [7, 11) is 0. The molecule has 9 heteroatoms. The van der Waals surface area contributed by atoms with Gasteiger partial charge in [0.15, 0.2) is 0 Å². The minimum absolute atomic E-state index is 0.0114. The number of nitriles is 1. The van der Waals surface area contributed by atoms with E-state index in [1.165, 1.54) is 11.0 Å². The normalized spacial score (nSPS) is 8.90. The van der Waals surface area contributed by atoms with E-state index in [1.54, 1.807) is 19.9 Å². The molecule has 0 aromatic carbocycles. The van der Waals surface area contributed by atoms with E-state index < -0.39 is 5.97 Å². The number of carbonyl (C=O) groups excluding carboxylic acids is 2. The van der Waals surface area contributed by atoms with Gasteiger partial charge in [0.2, 0.25) is 0 Å². The van der Waals surface area contributed by atoms with E-state index in [1.807, 2.05) is 0 Å². The quantitative estimate of drug-likeness (QED) is 0.569. The third-order valence-corrected chi connectivity index (χ3v) is 2.11. The summed E-state index contributed by atoms with van der Waals surface area (Å²) < 4.78 is 10.4. The Bertz CT molecular complexity index is 469. The largest absolute Gasteiger partial charge is 0.465 e. The lowest BCUT2D eigenvalue weighted by molar-refractivity contribution is -0.144. The first kappa shape index (κ1) is 18.0. The van der Waals surface area contributed by atoms with E-state index in [9.17, 15) is 9.59 Å². The van der Waals surface area contributed by atoms with Gasteiger partial charge in [0.05, 0.1) is 13.2 Å². The van der Waals surface area contributed by atoms with E-state index in [2.05, 4.69) is 35.5 Å². The topological polar surface area (TPSA) is 107 Å². The third-order valence-electron chi connectivity index (χ3n) is 1.65. The van der Waals surface area contributed by atoms with Crippen molar-refractivity contribution in [1.29, 1.82) is 5.26 Å². The minimum atomic E-state index is -0.392. The van der Waals surface area contributed by atoms with Crippen LogP contribution >= 0.6 is 15.9 Å². The Balaban J connectivity index is 0.000000441. The van der Waals surface area contributed by atoms with Crippen LogP contribution in [0.3, 0.4) is 0 Å². The third kappa shape index (κ3) is 8.20. The van der Waals surface area contributed by atoms with Gasteiger partial charge >= 0.3 is 11.9 Å². The van der Waals surface area contributed by atoms with Gasteiger partial charge in [0.1, 0.15) is 24.3 Å². The summed E-state index contributed by atoms with van der Waals surface area (Å²) in [5.41, 5.74) is 0. The lowest BCUT2D eigenvalue weighted by Gasteiger charge is -1.99. The SMILES string of the molecule is CCOC(=O)CBr.CCOC(=O)Cn1cnc(C#N)n1. The van der Waals surface area contributed by atoms with E-state index in [-0.39, 0.29) is 18.3 Å². The highest BCUT2D eigenvalue weighted by Crippen LogP contribution is 1.89. The Labute approximate surface area is 124 Å². The Morgan fingerprint density at radius 3 is 2.35 bits per heavy atom. The number of ether oxygens (including phenoxy) is 2. The van der Waals surface area contributed by atoms with Crippen LogP contribution in [0.25, 0.3) is 0 Å². The van der Waals surface area contributed by atoms with Crippen molar-refractivity contribution in [3.05, 3.63) is 12.2 Å². The Morgan fingerprint density at radius 2 is 1.95 bits per heavy atom. The Morgan fingerprint density at radius 1 is 1.35 bits per heavy atom. The molecule has 1 aromatic rings. The Kier molecular flexibility index (Phi) is 9.86. The second-order valence-electron chi connectivity index (χ2n) is 3.12. The fourth-order valence-electron chi connectivity index (χ4n) is 0.961. The molecule has 110 valence electrons. The molecular weight excluding hydrogens is 332 g/mol. The molecule has 20 heavy (non-hydrogen) atoms. The maximum Gasteiger partial charge on any atom is 0.327 e. The first-order valence-electron chi connectivity index (χ1n) is 5.74. The zero-order valence-corrected chi connectivity index (χ0v) is 12.8. The highest BCUT2D eigenvalue weighted by Gasteiger charge is 2.05. The molecule has 0 aliphatic carbocycles. The average molecular weight is 347 g/mol. The lowest BCUT2D eigenvalue weighted by Crippen LogP contribution is -2.13. The van der Waals surface area contributed by atoms with E-state index in [0.717, 1.165) is 0 Å². The summed E-state index contributed by atoms with van der Waals surface area (Å²) in [6.45, 7) is 4.28. The smallest absolute Gasteiger partial charge is 0.327 e. The molecule has 0 aliphatic rings. The maximum atomic E-state index is 10.9. The number of esters is 2. The summed E-state index contributed by atoms with van der Waals surface area (Å²) in [4.78, 5) is 24.7. The van der Waals surface area contributed by atoms with Gasteiger partial charge in [-0.15, -0.1) is 5.10 Å². The second-order valence-corrected chi connectivity index (χ2v) is 3.68. The first-order valence-corrected chi connectivity index (χ1v) is 6.86. The van der Waals surface area contributed by atoms with E-state index in [0.29, 0.717) is 18.5 Å². The summed E-state index contributed by atoms with van der Waals surface area (Å²) in [6.07, 6.45) is 1.31. The molecule has 0 bridgehead atoms. The van der Waals surface area contributed by atoms with Crippen LogP contribution in [0, 0.1) is 11.3 Å². The number of rotatable bonds is 5. The number of hydrogen-bond acceptors (Lipinski definition) is 7. The van der Waals surface area contributed by atoms with Gasteiger partial charge in [0.25, 0.3) is 5.82 Å². The van der Waals surface area contributed by atoms with Crippen LogP contribution in [0.1, 0.15) is 19.7 Å². The van der Waals surface area contributed by atoms with Crippen LogP contribution in [0.15, 0.2) is 6.33 Å². The first-order chi connectivity index (χ1) is 9.57. The number of hydrogen-bond donors (Lipinski definition) is 0. The van der Waals surface area contributed by atoms with Crippen LogP contribution in [-0.2, 0) is 25.6 Å². The van der Waals surface area contributed by atoms with Gasteiger partial charge in [0, 0.05) is 0 Å². The number of halogens is 1. The average Bonchev–Trinajstić information content (AvgIpc) is 2.87. The zero-order valence-electron chi connectivity index (χ0n) is 11.2. The van der Waals surface area contributed by atoms with Gasteiger partial charge in [-0.05, 0) is 13.8 Å². The molecule has 1 heterocycles. The summed E-state index contributed by atoms with van der Waals surface area (Å²) in [5.74, 6) is -0.552. The van der Waals surface area contributed by atoms with Gasteiger partial charge in [-0.25, -0.2) is 9.67 Å². The van der Waals surface area contributed by atoms with Crippen molar-refractivity contribution >= 4 is 27.9 Å². The molecular formula is C11H15BrN4O4. The predicted octanol–water partition coefficient (Wildman–Crippen LogP) is 0.657. The minimum Gasteiger partial charge on any atom is -0.465 e. The highest BCUT2D eigenvalue weighted by atomic mass is 79.9. The van der Waals surface area contributed by atoms with Crippen molar-refractivity contribution in [2.75, 3.05) is 18.5 Å². The molecule has 0 unspecified atom stereocenters. The standard InChI is InChI=1S/C7H8N4O2.C4H7BrO2/c1-2-13-7(12)4-11-5-9-6(3-8)10-11;1-2-7-4(6)3-5/h5H,2,4H2,1H3;2-3H2,1H3. The molecule has 0 N–H and O–H groups in total. The molecule has 0 radical (unpaired) electrons. The fraction of sp³-hybridized carbons (Fsp3) is 0.545. The summed E-state index contributed by atoms with van der Waals surface area (Å²) >= 11 is 2.94. The van der Waals surface area contributed by atoms with Gasteiger partial charge < -0.3 is 9.47 Å². The van der Waals surface area contributed by atoms with E-state index in [4.69, 9.17) is 5.26 Å². The predicted molar refractivity (Wildman–Crippen MR) is 71.8 cm³/mol. The van der Waals surface area contributed by atoms with Crippen molar-refractivity contribution in [3.8, 4) is 6.07 Å². The molecule has 0 spiro atoms. The molecule has 0 saturated carbocycles. The number of alkyl halides is 1. The van der Waals surface area contributed by atoms with Crippen LogP contribution in [0.5, 0.6) is 0 Å². The molecule has 1 aromatic heterocycles. The van der Waals surface area contributed by atoms with Crippen molar-refractivity contribution in [1.82, 2.24) is 14.8 Å². The van der Waals surface area contributed by atoms with Crippen molar-refractivity contribution in [2.24, 2.45) is 0 Å². The number of carbonyl (C=O) groups is 2. The maximum absolute atomic E-state index is 10.9. The van der Waals surface area contributed by atoms with E-state index >= 15 is 0 Å². The molecule has 0 saturated heterocycles. The van der Waals surface area contributed by atoms with Gasteiger partial charge in [-0.2, -0.15) is 5.26 Å². The molecule has 1 rings (SSSR count). The van der Waals surface area contributed by atoms with Crippen molar-refractivity contribution in [3.63, 3.8) is 0 Å². The van der Waals surface area contributed by atoms with Crippen LogP contribution < -0.4 is 0 Å². The van der Waals surface area contributed by atoms with Crippen molar-refractivity contribution < 1.29 is 19.1 Å². The highest BCUT2D eigenvalue weighted by molar-refractivity contribution is 9.09. The lowest BCUT2D eigenvalue weighted by atomic mass is 10.6. The number of aromatic nitrogens is 3. The van der Waals surface area contributed by atoms with Gasteiger partial charge in [-0.3, -0.25) is 9.59 Å². The van der Waals surface area contributed by atoms with Crippen LogP contribution in [0.4, 0.5) is 0 Å². The van der Waals surface area contributed by atoms with Crippen molar-refractivity contribution in [2.45, 2.75) is 20.4 Å². The Hall–Kier alpha value is -1.95.